The molecule has 1 aliphatic rings. The molecule has 0 aliphatic carbocycles. The lowest BCUT2D eigenvalue weighted by Gasteiger charge is -2.27. The first-order valence-corrected chi connectivity index (χ1v) is 7.24. The highest BCUT2D eigenvalue weighted by Gasteiger charge is 2.32. The van der Waals surface area contributed by atoms with Crippen LogP contribution < -0.4 is 4.90 Å². The standard InChI is InChI=1S/C15H23N3O3/c1-4-21-15(20)11-5-6-14(16-8-11)18-10-13(19)7-12(18)9-17(2)3/h5-6,8,12-13,19H,4,7,9-10H2,1-3H3. The van der Waals surface area contributed by atoms with Gasteiger partial charge in [-0.25, -0.2) is 9.78 Å². The Labute approximate surface area is 125 Å². The number of hydrogen-bond donors (Lipinski definition) is 1. The number of aromatic nitrogens is 1. The zero-order valence-corrected chi connectivity index (χ0v) is 12.8. The molecule has 2 heterocycles. The molecule has 6 nitrogen and oxygen atoms in total. The second kappa shape index (κ2) is 6.87. The Kier molecular flexibility index (Phi) is 5.14. The van der Waals surface area contributed by atoms with Crippen molar-refractivity contribution in [3.63, 3.8) is 0 Å². The molecule has 0 bridgehead atoms. The first-order valence-electron chi connectivity index (χ1n) is 7.24. The summed E-state index contributed by atoms with van der Waals surface area (Å²) < 4.78 is 4.94. The van der Waals surface area contributed by atoms with Crippen molar-refractivity contribution >= 4 is 11.8 Å². The molecule has 1 aromatic heterocycles. The first kappa shape index (κ1) is 15.7. The van der Waals surface area contributed by atoms with Crippen LogP contribution in [0.5, 0.6) is 0 Å². The molecule has 1 aromatic rings. The summed E-state index contributed by atoms with van der Waals surface area (Å²) in [6.07, 6.45) is 1.94. The quantitative estimate of drug-likeness (QED) is 0.809. The van der Waals surface area contributed by atoms with Gasteiger partial charge >= 0.3 is 5.97 Å². The Morgan fingerprint density at radius 2 is 2.29 bits per heavy atom. The number of aliphatic hydroxyl groups excluding tert-OH is 1. The Bertz CT molecular complexity index is 476. The zero-order valence-electron chi connectivity index (χ0n) is 12.8. The van der Waals surface area contributed by atoms with Crippen LogP contribution in [0.1, 0.15) is 23.7 Å². The molecule has 0 aromatic carbocycles. The van der Waals surface area contributed by atoms with E-state index in [-0.39, 0.29) is 18.1 Å². The zero-order chi connectivity index (χ0) is 15.4. The third-order valence-electron chi connectivity index (χ3n) is 3.52. The second-order valence-electron chi connectivity index (χ2n) is 5.58. The molecule has 0 saturated carbocycles. The lowest BCUT2D eigenvalue weighted by atomic mass is 10.2. The molecule has 0 spiro atoms. The SMILES string of the molecule is CCOC(=O)c1ccc(N2CC(O)CC2CN(C)C)nc1. The molecular weight excluding hydrogens is 270 g/mol. The van der Waals surface area contributed by atoms with Crippen LogP contribution in [0.15, 0.2) is 18.3 Å². The molecule has 6 heteroatoms. The molecule has 116 valence electrons. The third kappa shape index (κ3) is 3.92. The number of anilines is 1. The predicted molar refractivity (Wildman–Crippen MR) is 80.5 cm³/mol. The van der Waals surface area contributed by atoms with Crippen molar-refractivity contribution in [2.24, 2.45) is 0 Å². The van der Waals surface area contributed by atoms with Crippen LogP contribution in [0.2, 0.25) is 0 Å². The lowest BCUT2D eigenvalue weighted by molar-refractivity contribution is 0.0526. The summed E-state index contributed by atoms with van der Waals surface area (Å²) in [5.74, 6) is 0.425. The van der Waals surface area contributed by atoms with E-state index in [1.165, 1.54) is 6.20 Å². The largest absolute Gasteiger partial charge is 0.462 e. The smallest absolute Gasteiger partial charge is 0.339 e. The van der Waals surface area contributed by atoms with Gasteiger partial charge in [0.15, 0.2) is 0 Å². The fourth-order valence-electron chi connectivity index (χ4n) is 2.66. The number of hydrogen-bond acceptors (Lipinski definition) is 6. The average Bonchev–Trinajstić information content (AvgIpc) is 2.79. The fourth-order valence-corrected chi connectivity index (χ4v) is 2.66. The van der Waals surface area contributed by atoms with Gasteiger partial charge in [-0.3, -0.25) is 0 Å². The highest BCUT2D eigenvalue weighted by atomic mass is 16.5. The Hall–Kier alpha value is -1.66. The number of nitrogens with zero attached hydrogens (tertiary/aromatic N) is 3. The minimum Gasteiger partial charge on any atom is -0.462 e. The Morgan fingerprint density at radius 3 is 2.86 bits per heavy atom. The van der Waals surface area contributed by atoms with Crippen LogP contribution in [0, 0.1) is 0 Å². The molecule has 21 heavy (non-hydrogen) atoms. The number of β-amino-alcohol motifs (C(OH)–C–C–N with tert-alkyl or cyclic N) is 1. The fraction of sp³-hybridized carbons (Fsp3) is 0.600. The van der Waals surface area contributed by atoms with Gasteiger partial charge in [0.05, 0.1) is 18.3 Å². The summed E-state index contributed by atoms with van der Waals surface area (Å²) in [6.45, 7) is 3.56. The molecule has 1 saturated heterocycles. The van der Waals surface area contributed by atoms with Gasteiger partial charge in [0.2, 0.25) is 0 Å². The minimum absolute atomic E-state index is 0.232. The van der Waals surface area contributed by atoms with E-state index in [1.807, 2.05) is 20.2 Å². The van der Waals surface area contributed by atoms with Crippen LogP contribution in [0.3, 0.4) is 0 Å². The van der Waals surface area contributed by atoms with Gasteiger partial charge in [0.1, 0.15) is 5.82 Å². The van der Waals surface area contributed by atoms with Crippen LogP contribution in [0.4, 0.5) is 5.82 Å². The van der Waals surface area contributed by atoms with E-state index in [1.54, 1.807) is 13.0 Å². The van der Waals surface area contributed by atoms with E-state index in [2.05, 4.69) is 14.8 Å². The van der Waals surface area contributed by atoms with E-state index >= 15 is 0 Å². The maximum atomic E-state index is 11.6. The van der Waals surface area contributed by atoms with Crippen molar-refractivity contribution in [1.82, 2.24) is 9.88 Å². The van der Waals surface area contributed by atoms with Crippen molar-refractivity contribution in [3.05, 3.63) is 23.9 Å². The minimum atomic E-state index is -0.358. The molecule has 1 aliphatic heterocycles. The summed E-state index contributed by atoms with van der Waals surface area (Å²) in [4.78, 5) is 20.2. The number of carbonyl (C=O) groups is 1. The number of ether oxygens (including phenoxy) is 1. The molecule has 0 amide bonds. The number of aliphatic hydroxyl groups is 1. The summed E-state index contributed by atoms with van der Waals surface area (Å²) in [5.41, 5.74) is 0.449. The summed E-state index contributed by atoms with van der Waals surface area (Å²) in [7, 11) is 4.03. The van der Waals surface area contributed by atoms with Gasteiger partial charge in [-0.15, -0.1) is 0 Å². The normalized spacial score (nSPS) is 21.9. The topological polar surface area (TPSA) is 65.9 Å². The van der Waals surface area contributed by atoms with Gasteiger partial charge in [0.25, 0.3) is 0 Å². The maximum absolute atomic E-state index is 11.6. The van der Waals surface area contributed by atoms with Crippen molar-refractivity contribution in [2.75, 3.05) is 38.7 Å². The van der Waals surface area contributed by atoms with Crippen LogP contribution in [-0.4, -0.2) is 66.9 Å². The molecule has 0 radical (unpaired) electrons. The number of rotatable bonds is 5. The number of pyridine rings is 1. The summed E-state index contributed by atoms with van der Waals surface area (Å²) >= 11 is 0. The van der Waals surface area contributed by atoms with Gasteiger partial charge in [-0.2, -0.15) is 0 Å². The molecular formula is C15H23N3O3. The van der Waals surface area contributed by atoms with Crippen LogP contribution >= 0.6 is 0 Å². The van der Waals surface area contributed by atoms with Crippen molar-refractivity contribution in [2.45, 2.75) is 25.5 Å². The Morgan fingerprint density at radius 1 is 1.52 bits per heavy atom. The highest BCUT2D eigenvalue weighted by molar-refractivity contribution is 5.89. The predicted octanol–water partition coefficient (Wildman–Crippen LogP) is 0.759. The van der Waals surface area contributed by atoms with Gasteiger partial charge in [-0.1, -0.05) is 0 Å². The average molecular weight is 293 g/mol. The number of likely N-dealkylation sites (N-methyl/N-ethyl adjacent to an activating group) is 1. The lowest BCUT2D eigenvalue weighted by Crippen LogP contribution is -2.38. The van der Waals surface area contributed by atoms with E-state index in [9.17, 15) is 9.90 Å². The maximum Gasteiger partial charge on any atom is 0.339 e. The van der Waals surface area contributed by atoms with E-state index in [0.29, 0.717) is 18.7 Å². The molecule has 2 unspecified atom stereocenters. The Balaban J connectivity index is 2.11. The van der Waals surface area contributed by atoms with Gasteiger partial charge in [-0.05, 0) is 39.6 Å². The molecule has 1 fully saturated rings. The van der Waals surface area contributed by atoms with E-state index in [4.69, 9.17) is 4.74 Å². The first-order chi connectivity index (χ1) is 10.0. The van der Waals surface area contributed by atoms with Crippen molar-refractivity contribution in [1.29, 1.82) is 0 Å². The summed E-state index contributed by atoms with van der Waals surface area (Å²) in [6, 6.07) is 3.76. The van der Waals surface area contributed by atoms with Gasteiger partial charge < -0.3 is 19.6 Å². The molecule has 2 atom stereocenters. The number of carbonyl (C=O) groups excluding carboxylic acids is 1. The highest BCUT2D eigenvalue weighted by Crippen LogP contribution is 2.24. The van der Waals surface area contributed by atoms with Crippen LogP contribution in [-0.2, 0) is 4.74 Å². The summed E-state index contributed by atoms with van der Waals surface area (Å²) in [5, 5.41) is 9.89. The van der Waals surface area contributed by atoms with Crippen molar-refractivity contribution in [3.8, 4) is 0 Å². The van der Waals surface area contributed by atoms with Crippen LogP contribution in [0.25, 0.3) is 0 Å². The number of esters is 1. The van der Waals surface area contributed by atoms with Gasteiger partial charge in [0, 0.05) is 25.3 Å². The third-order valence-corrected chi connectivity index (χ3v) is 3.52. The second-order valence-corrected chi connectivity index (χ2v) is 5.58. The van der Waals surface area contributed by atoms with E-state index < -0.39 is 0 Å². The van der Waals surface area contributed by atoms with Crippen molar-refractivity contribution < 1.29 is 14.6 Å². The molecule has 2 rings (SSSR count). The monoisotopic (exact) mass is 293 g/mol. The molecule has 1 N–H and O–H groups in total. The van der Waals surface area contributed by atoms with E-state index in [0.717, 1.165) is 18.8 Å².